The lowest BCUT2D eigenvalue weighted by atomic mass is 9.92. The summed E-state index contributed by atoms with van der Waals surface area (Å²) in [6.45, 7) is 4.74. The summed E-state index contributed by atoms with van der Waals surface area (Å²) in [5, 5.41) is 15.3. The number of carboxylic acids is 1. The van der Waals surface area contributed by atoms with Gasteiger partial charge in [-0.3, -0.25) is 9.48 Å². The number of amides is 2. The number of likely N-dealkylation sites (tertiary alicyclic amines) is 1. The van der Waals surface area contributed by atoms with Crippen molar-refractivity contribution >= 4 is 17.7 Å². The topological polar surface area (TPSA) is 87.5 Å². The summed E-state index contributed by atoms with van der Waals surface area (Å²) in [5.74, 6) is -0.478. The Morgan fingerprint density at radius 3 is 2.95 bits per heavy atom. The van der Waals surface area contributed by atoms with E-state index in [0.717, 1.165) is 19.4 Å². The molecule has 20 heavy (non-hydrogen) atoms. The monoisotopic (exact) mass is 280 g/mol. The van der Waals surface area contributed by atoms with Crippen molar-refractivity contribution in [3.8, 4) is 0 Å². The number of anilines is 1. The van der Waals surface area contributed by atoms with Crippen molar-refractivity contribution in [3.05, 3.63) is 12.4 Å². The molecular formula is C13H20N4O3. The maximum atomic E-state index is 12.2. The SMILES string of the molecule is CC1CCCN(C(=O)Nc2cnn(CC(=O)O)c2)C1C. The molecule has 1 fully saturated rings. The normalized spacial score (nSPS) is 22.6. The summed E-state index contributed by atoms with van der Waals surface area (Å²) in [5.41, 5.74) is 0.515. The second-order valence-electron chi connectivity index (χ2n) is 5.30. The van der Waals surface area contributed by atoms with Gasteiger partial charge < -0.3 is 15.3 Å². The molecule has 7 heteroatoms. The van der Waals surface area contributed by atoms with Crippen LogP contribution in [0.1, 0.15) is 26.7 Å². The minimum atomic E-state index is -0.968. The van der Waals surface area contributed by atoms with Crippen molar-refractivity contribution in [2.24, 2.45) is 5.92 Å². The third kappa shape index (κ3) is 3.28. The predicted octanol–water partition coefficient (Wildman–Crippen LogP) is 1.62. The van der Waals surface area contributed by atoms with Gasteiger partial charge in [0.2, 0.25) is 0 Å². The smallest absolute Gasteiger partial charge is 0.325 e. The Morgan fingerprint density at radius 2 is 2.25 bits per heavy atom. The van der Waals surface area contributed by atoms with Gasteiger partial charge in [-0.2, -0.15) is 5.10 Å². The molecule has 7 nitrogen and oxygen atoms in total. The number of carbonyl (C=O) groups is 2. The Morgan fingerprint density at radius 1 is 1.50 bits per heavy atom. The average Bonchev–Trinajstić information content (AvgIpc) is 2.79. The minimum absolute atomic E-state index is 0.154. The number of carbonyl (C=O) groups excluding carboxylic acids is 1. The van der Waals surface area contributed by atoms with Crippen LogP contribution in [0.2, 0.25) is 0 Å². The number of hydrogen-bond donors (Lipinski definition) is 2. The van der Waals surface area contributed by atoms with Crippen molar-refractivity contribution < 1.29 is 14.7 Å². The van der Waals surface area contributed by atoms with E-state index in [-0.39, 0.29) is 18.6 Å². The summed E-state index contributed by atoms with van der Waals surface area (Å²) in [6.07, 6.45) is 5.13. The Kier molecular flexibility index (Phi) is 4.26. The first-order chi connectivity index (χ1) is 9.47. The van der Waals surface area contributed by atoms with Crippen LogP contribution in [-0.2, 0) is 11.3 Å². The second-order valence-corrected chi connectivity index (χ2v) is 5.30. The zero-order valence-electron chi connectivity index (χ0n) is 11.7. The lowest BCUT2D eigenvalue weighted by Crippen LogP contribution is -2.47. The quantitative estimate of drug-likeness (QED) is 0.880. The molecule has 2 rings (SSSR count). The van der Waals surface area contributed by atoms with Gasteiger partial charge in [-0.05, 0) is 25.7 Å². The van der Waals surface area contributed by atoms with E-state index in [1.807, 2.05) is 4.90 Å². The van der Waals surface area contributed by atoms with Gasteiger partial charge in [0.25, 0.3) is 0 Å². The largest absolute Gasteiger partial charge is 0.480 e. The second kappa shape index (κ2) is 5.94. The number of nitrogens with zero attached hydrogens (tertiary/aromatic N) is 3. The highest BCUT2D eigenvalue weighted by atomic mass is 16.4. The van der Waals surface area contributed by atoms with E-state index >= 15 is 0 Å². The molecule has 1 aliphatic rings. The van der Waals surface area contributed by atoms with Gasteiger partial charge in [0, 0.05) is 18.8 Å². The fourth-order valence-electron chi connectivity index (χ4n) is 2.47. The molecule has 2 heterocycles. The number of piperidine rings is 1. The summed E-state index contributed by atoms with van der Waals surface area (Å²) < 4.78 is 1.28. The molecule has 1 saturated heterocycles. The summed E-state index contributed by atoms with van der Waals surface area (Å²) in [4.78, 5) is 24.6. The highest BCUT2D eigenvalue weighted by Gasteiger charge is 2.28. The molecule has 0 spiro atoms. The fourth-order valence-corrected chi connectivity index (χ4v) is 2.47. The standard InChI is InChI=1S/C13H20N4O3/c1-9-4-3-5-17(10(9)2)13(20)15-11-6-14-16(7-11)8-12(18)19/h6-7,9-10H,3-5,8H2,1-2H3,(H,15,20)(H,18,19). The van der Waals surface area contributed by atoms with Crippen LogP contribution in [0, 0.1) is 5.92 Å². The molecule has 2 amide bonds. The van der Waals surface area contributed by atoms with Gasteiger partial charge in [0.15, 0.2) is 0 Å². The van der Waals surface area contributed by atoms with E-state index in [9.17, 15) is 9.59 Å². The zero-order chi connectivity index (χ0) is 14.7. The molecule has 0 aliphatic carbocycles. The number of nitrogens with one attached hydrogen (secondary N) is 1. The fraction of sp³-hybridized carbons (Fsp3) is 0.615. The predicted molar refractivity (Wildman–Crippen MR) is 73.4 cm³/mol. The maximum Gasteiger partial charge on any atom is 0.325 e. The molecule has 2 N–H and O–H groups in total. The molecule has 1 aromatic heterocycles. The van der Waals surface area contributed by atoms with E-state index in [0.29, 0.717) is 11.6 Å². The third-order valence-corrected chi connectivity index (χ3v) is 3.82. The minimum Gasteiger partial charge on any atom is -0.480 e. The molecule has 2 atom stereocenters. The number of urea groups is 1. The lowest BCUT2D eigenvalue weighted by Gasteiger charge is -2.37. The van der Waals surface area contributed by atoms with Crippen LogP contribution in [0.15, 0.2) is 12.4 Å². The average molecular weight is 280 g/mol. The van der Waals surface area contributed by atoms with Crippen LogP contribution in [0.5, 0.6) is 0 Å². The van der Waals surface area contributed by atoms with Crippen molar-refractivity contribution in [2.75, 3.05) is 11.9 Å². The molecule has 0 aromatic carbocycles. The van der Waals surface area contributed by atoms with E-state index in [1.54, 1.807) is 0 Å². The molecule has 0 bridgehead atoms. The van der Waals surface area contributed by atoms with Crippen LogP contribution in [0.25, 0.3) is 0 Å². The summed E-state index contributed by atoms with van der Waals surface area (Å²) in [7, 11) is 0. The van der Waals surface area contributed by atoms with E-state index < -0.39 is 5.97 Å². The van der Waals surface area contributed by atoms with Gasteiger partial charge in [-0.15, -0.1) is 0 Å². The molecule has 2 unspecified atom stereocenters. The van der Waals surface area contributed by atoms with E-state index in [1.165, 1.54) is 17.1 Å². The highest BCUT2D eigenvalue weighted by Crippen LogP contribution is 2.23. The summed E-state index contributed by atoms with van der Waals surface area (Å²) in [6, 6.07) is 0.0525. The van der Waals surface area contributed by atoms with Crippen molar-refractivity contribution in [1.29, 1.82) is 0 Å². The first-order valence-corrected chi connectivity index (χ1v) is 6.79. The van der Waals surface area contributed by atoms with Crippen molar-refractivity contribution in [2.45, 2.75) is 39.3 Å². The Hall–Kier alpha value is -2.05. The number of carboxylic acid groups (broad SMARTS) is 1. The number of aliphatic carboxylic acids is 1. The van der Waals surface area contributed by atoms with Crippen molar-refractivity contribution in [3.63, 3.8) is 0 Å². The maximum absolute atomic E-state index is 12.2. The molecule has 110 valence electrons. The molecule has 1 aromatic rings. The van der Waals surface area contributed by atoms with Crippen LogP contribution in [0.4, 0.5) is 10.5 Å². The highest BCUT2D eigenvalue weighted by molar-refractivity contribution is 5.89. The van der Waals surface area contributed by atoms with E-state index in [2.05, 4.69) is 24.3 Å². The van der Waals surface area contributed by atoms with Crippen molar-refractivity contribution in [1.82, 2.24) is 14.7 Å². The van der Waals surface area contributed by atoms with Crippen LogP contribution < -0.4 is 5.32 Å². The van der Waals surface area contributed by atoms with Gasteiger partial charge in [0.1, 0.15) is 6.54 Å². The molecule has 1 aliphatic heterocycles. The van der Waals surface area contributed by atoms with Gasteiger partial charge in [-0.25, -0.2) is 4.79 Å². The van der Waals surface area contributed by atoms with Gasteiger partial charge >= 0.3 is 12.0 Å². The number of rotatable bonds is 3. The first-order valence-electron chi connectivity index (χ1n) is 6.79. The molecular weight excluding hydrogens is 260 g/mol. The lowest BCUT2D eigenvalue weighted by molar-refractivity contribution is -0.137. The van der Waals surface area contributed by atoms with Gasteiger partial charge in [0.05, 0.1) is 11.9 Å². The van der Waals surface area contributed by atoms with E-state index in [4.69, 9.17) is 5.11 Å². The number of aromatic nitrogens is 2. The Balaban J connectivity index is 1.97. The Bertz CT molecular complexity index is 500. The number of hydrogen-bond acceptors (Lipinski definition) is 3. The van der Waals surface area contributed by atoms with Crippen LogP contribution >= 0.6 is 0 Å². The zero-order valence-corrected chi connectivity index (χ0v) is 11.7. The Labute approximate surface area is 117 Å². The third-order valence-electron chi connectivity index (χ3n) is 3.82. The molecule has 0 radical (unpaired) electrons. The first kappa shape index (κ1) is 14.4. The van der Waals surface area contributed by atoms with Gasteiger partial charge in [-0.1, -0.05) is 6.92 Å². The van der Waals surface area contributed by atoms with Crippen LogP contribution in [-0.4, -0.2) is 44.4 Å². The van der Waals surface area contributed by atoms with Crippen LogP contribution in [0.3, 0.4) is 0 Å². The molecule has 0 saturated carbocycles. The summed E-state index contributed by atoms with van der Waals surface area (Å²) >= 11 is 0.